The number of rotatable bonds is 8. The minimum atomic E-state index is -0.225. The van der Waals surface area contributed by atoms with Gasteiger partial charge in [0.05, 0.1) is 6.04 Å². The third-order valence-electron chi connectivity index (χ3n) is 4.54. The number of nitrogens with one attached hydrogen (secondary N) is 1. The first-order valence-corrected chi connectivity index (χ1v) is 9.28. The Balaban J connectivity index is 1.97. The van der Waals surface area contributed by atoms with E-state index in [0.717, 1.165) is 51.3 Å². The molecular formula is C19H30FN3O2. The SMILES string of the molecule is CCNC(=O)N1CCN(c2ccc(F)cc2)CC1CCCCOCC. The number of hydrogen-bond acceptors (Lipinski definition) is 3. The van der Waals surface area contributed by atoms with Crippen molar-refractivity contribution >= 4 is 11.7 Å². The standard InChI is InChI=1S/C19H30FN3O2/c1-3-21-19(24)23-13-12-22(17-10-8-16(20)9-11-17)15-18(23)7-5-6-14-25-4-2/h8-11,18H,3-7,12-15H2,1-2H3,(H,21,24). The summed E-state index contributed by atoms with van der Waals surface area (Å²) in [6, 6.07) is 6.76. The van der Waals surface area contributed by atoms with Gasteiger partial charge in [-0.05, 0) is 57.4 Å². The van der Waals surface area contributed by atoms with Gasteiger partial charge in [0.25, 0.3) is 0 Å². The fourth-order valence-corrected chi connectivity index (χ4v) is 3.24. The van der Waals surface area contributed by atoms with E-state index < -0.39 is 0 Å². The molecular weight excluding hydrogens is 321 g/mol. The Morgan fingerprint density at radius 1 is 1.24 bits per heavy atom. The molecule has 0 saturated carbocycles. The summed E-state index contributed by atoms with van der Waals surface area (Å²) < 4.78 is 18.6. The molecule has 25 heavy (non-hydrogen) atoms. The van der Waals surface area contributed by atoms with E-state index in [-0.39, 0.29) is 17.9 Å². The zero-order valence-corrected chi connectivity index (χ0v) is 15.3. The van der Waals surface area contributed by atoms with Gasteiger partial charge < -0.3 is 19.9 Å². The van der Waals surface area contributed by atoms with Crippen LogP contribution in [0.3, 0.4) is 0 Å². The molecule has 1 fully saturated rings. The predicted molar refractivity (Wildman–Crippen MR) is 98.5 cm³/mol. The smallest absolute Gasteiger partial charge is 0.317 e. The molecule has 6 heteroatoms. The number of anilines is 1. The molecule has 1 aliphatic heterocycles. The van der Waals surface area contributed by atoms with Crippen LogP contribution in [0, 0.1) is 5.82 Å². The van der Waals surface area contributed by atoms with E-state index in [1.165, 1.54) is 12.1 Å². The third-order valence-corrected chi connectivity index (χ3v) is 4.54. The lowest BCUT2D eigenvalue weighted by Gasteiger charge is -2.42. The molecule has 1 atom stereocenters. The number of piperazine rings is 1. The van der Waals surface area contributed by atoms with E-state index >= 15 is 0 Å². The Morgan fingerprint density at radius 2 is 2.00 bits per heavy atom. The minimum Gasteiger partial charge on any atom is -0.382 e. The van der Waals surface area contributed by atoms with Gasteiger partial charge in [0, 0.05) is 45.1 Å². The van der Waals surface area contributed by atoms with Gasteiger partial charge >= 0.3 is 6.03 Å². The van der Waals surface area contributed by atoms with Gasteiger partial charge in [-0.3, -0.25) is 0 Å². The molecule has 1 aromatic carbocycles. The van der Waals surface area contributed by atoms with Crippen LogP contribution in [-0.2, 0) is 4.74 Å². The average Bonchev–Trinajstić information content (AvgIpc) is 2.62. The van der Waals surface area contributed by atoms with Crippen molar-refractivity contribution in [2.24, 2.45) is 0 Å². The molecule has 5 nitrogen and oxygen atoms in total. The normalized spacial score (nSPS) is 17.6. The maximum atomic E-state index is 13.2. The van der Waals surface area contributed by atoms with Crippen molar-refractivity contribution in [2.75, 3.05) is 44.3 Å². The summed E-state index contributed by atoms with van der Waals surface area (Å²) in [5, 5.41) is 2.91. The fraction of sp³-hybridized carbons (Fsp3) is 0.632. The molecule has 2 rings (SSSR count). The Morgan fingerprint density at radius 3 is 2.68 bits per heavy atom. The molecule has 0 aliphatic carbocycles. The average molecular weight is 351 g/mol. The van der Waals surface area contributed by atoms with Gasteiger partial charge in [0.2, 0.25) is 0 Å². The van der Waals surface area contributed by atoms with Crippen LogP contribution in [0.1, 0.15) is 33.1 Å². The molecule has 0 aromatic heterocycles. The first kappa shape index (κ1) is 19.5. The topological polar surface area (TPSA) is 44.8 Å². The summed E-state index contributed by atoms with van der Waals surface area (Å²) in [5.41, 5.74) is 1.01. The Labute approximate surface area is 150 Å². The van der Waals surface area contributed by atoms with Gasteiger partial charge in [-0.15, -0.1) is 0 Å². The van der Waals surface area contributed by atoms with E-state index in [0.29, 0.717) is 13.1 Å². The highest BCUT2D eigenvalue weighted by atomic mass is 19.1. The molecule has 2 amide bonds. The van der Waals surface area contributed by atoms with Gasteiger partial charge in [-0.2, -0.15) is 0 Å². The predicted octanol–water partition coefficient (Wildman–Crippen LogP) is 3.25. The first-order valence-electron chi connectivity index (χ1n) is 9.28. The number of urea groups is 1. The van der Waals surface area contributed by atoms with Crippen molar-refractivity contribution in [1.29, 1.82) is 0 Å². The summed E-state index contributed by atoms with van der Waals surface area (Å²) in [4.78, 5) is 16.5. The van der Waals surface area contributed by atoms with Gasteiger partial charge in [-0.25, -0.2) is 9.18 Å². The third kappa shape index (κ3) is 5.88. The molecule has 1 saturated heterocycles. The summed E-state index contributed by atoms with van der Waals surface area (Å²) >= 11 is 0. The van der Waals surface area contributed by atoms with Crippen molar-refractivity contribution in [3.8, 4) is 0 Å². The summed E-state index contributed by atoms with van der Waals surface area (Å²) in [6.07, 6.45) is 2.98. The number of carbonyl (C=O) groups is 1. The van der Waals surface area contributed by atoms with Crippen molar-refractivity contribution in [3.05, 3.63) is 30.1 Å². The summed E-state index contributed by atoms with van der Waals surface area (Å²) in [6.45, 7) is 8.30. The van der Waals surface area contributed by atoms with E-state index in [1.54, 1.807) is 0 Å². The van der Waals surface area contributed by atoms with Crippen molar-refractivity contribution < 1.29 is 13.9 Å². The second-order valence-corrected chi connectivity index (χ2v) is 6.30. The lowest BCUT2D eigenvalue weighted by molar-refractivity contribution is 0.135. The maximum absolute atomic E-state index is 13.2. The molecule has 1 heterocycles. The van der Waals surface area contributed by atoms with E-state index in [9.17, 15) is 9.18 Å². The number of nitrogens with zero attached hydrogens (tertiary/aromatic N) is 2. The lowest BCUT2D eigenvalue weighted by atomic mass is 10.0. The van der Waals surface area contributed by atoms with E-state index in [1.807, 2.05) is 30.9 Å². The molecule has 0 spiro atoms. The van der Waals surface area contributed by atoms with Crippen molar-refractivity contribution in [3.63, 3.8) is 0 Å². The fourth-order valence-electron chi connectivity index (χ4n) is 3.24. The zero-order valence-electron chi connectivity index (χ0n) is 15.3. The van der Waals surface area contributed by atoms with E-state index in [4.69, 9.17) is 4.74 Å². The first-order chi connectivity index (χ1) is 12.2. The molecule has 140 valence electrons. The van der Waals surface area contributed by atoms with Crippen LogP contribution in [0.2, 0.25) is 0 Å². The number of hydrogen-bond donors (Lipinski definition) is 1. The molecule has 0 bridgehead atoms. The van der Waals surface area contributed by atoms with E-state index in [2.05, 4.69) is 10.2 Å². The van der Waals surface area contributed by atoms with Crippen LogP contribution < -0.4 is 10.2 Å². The number of halogens is 1. The number of ether oxygens (including phenoxy) is 1. The lowest BCUT2D eigenvalue weighted by Crippen LogP contribution is -2.57. The monoisotopic (exact) mass is 351 g/mol. The number of carbonyl (C=O) groups excluding carboxylic acids is 1. The maximum Gasteiger partial charge on any atom is 0.317 e. The van der Waals surface area contributed by atoms with Crippen LogP contribution in [0.5, 0.6) is 0 Å². The van der Waals surface area contributed by atoms with Crippen molar-refractivity contribution in [2.45, 2.75) is 39.2 Å². The van der Waals surface area contributed by atoms with Crippen LogP contribution in [0.15, 0.2) is 24.3 Å². The molecule has 1 aliphatic rings. The van der Waals surface area contributed by atoms with Crippen LogP contribution in [0.25, 0.3) is 0 Å². The minimum absolute atomic E-state index is 0.0102. The second kappa shape index (κ2) is 10.2. The molecule has 0 radical (unpaired) electrons. The summed E-state index contributed by atoms with van der Waals surface area (Å²) in [7, 11) is 0. The van der Waals surface area contributed by atoms with Gasteiger partial charge in [-0.1, -0.05) is 0 Å². The number of amides is 2. The Hall–Kier alpha value is -1.82. The quantitative estimate of drug-likeness (QED) is 0.731. The molecule has 1 aromatic rings. The zero-order chi connectivity index (χ0) is 18.1. The van der Waals surface area contributed by atoms with Crippen molar-refractivity contribution in [1.82, 2.24) is 10.2 Å². The van der Waals surface area contributed by atoms with Crippen LogP contribution >= 0.6 is 0 Å². The highest BCUT2D eigenvalue weighted by Gasteiger charge is 2.30. The van der Waals surface area contributed by atoms with Crippen LogP contribution in [0.4, 0.5) is 14.9 Å². The van der Waals surface area contributed by atoms with Gasteiger partial charge in [0.1, 0.15) is 5.82 Å². The largest absolute Gasteiger partial charge is 0.382 e. The second-order valence-electron chi connectivity index (χ2n) is 6.30. The number of unbranched alkanes of at least 4 members (excludes halogenated alkanes) is 1. The Bertz CT molecular complexity index is 524. The molecule has 1 unspecified atom stereocenters. The molecule has 1 N–H and O–H groups in total. The highest BCUT2D eigenvalue weighted by molar-refractivity contribution is 5.75. The highest BCUT2D eigenvalue weighted by Crippen LogP contribution is 2.22. The summed E-state index contributed by atoms with van der Waals surface area (Å²) in [5.74, 6) is -0.225. The van der Waals surface area contributed by atoms with Gasteiger partial charge in [0.15, 0.2) is 0 Å². The Kier molecular flexibility index (Phi) is 7.98. The van der Waals surface area contributed by atoms with Crippen LogP contribution in [-0.4, -0.2) is 56.4 Å². The number of benzene rings is 1.